The Kier molecular flexibility index (Phi) is 13.6. The maximum atomic E-state index is 14.8. The van der Waals surface area contributed by atoms with Crippen LogP contribution in [0.3, 0.4) is 0 Å². The van der Waals surface area contributed by atoms with Gasteiger partial charge in [-0.25, -0.2) is 9.18 Å². The van der Waals surface area contributed by atoms with Gasteiger partial charge in [0.2, 0.25) is 35.4 Å². The third-order valence-corrected chi connectivity index (χ3v) is 11.8. The Bertz CT molecular complexity index is 1990. The first-order valence-electron chi connectivity index (χ1n) is 20.2. The van der Waals surface area contributed by atoms with Gasteiger partial charge in [-0.15, -0.1) is 0 Å². The molecular weight excluding hydrogens is 787 g/mol. The molecule has 59 heavy (non-hydrogen) atoms. The van der Waals surface area contributed by atoms with Gasteiger partial charge in [0, 0.05) is 37.5 Å². The van der Waals surface area contributed by atoms with Gasteiger partial charge in [0.25, 0.3) is 0 Å². The fraction of sp³-hybridized carbons (Fsp3) is 0.548. The van der Waals surface area contributed by atoms with Gasteiger partial charge in [-0.3, -0.25) is 28.8 Å². The van der Waals surface area contributed by atoms with Gasteiger partial charge >= 0.3 is 5.97 Å². The van der Waals surface area contributed by atoms with Crippen molar-refractivity contribution in [3.63, 3.8) is 0 Å². The van der Waals surface area contributed by atoms with E-state index in [0.29, 0.717) is 24.8 Å². The number of aliphatic hydroxyl groups is 1. The number of halogens is 2. The number of ether oxygens (including phenoxy) is 1. The van der Waals surface area contributed by atoms with E-state index in [1.165, 1.54) is 35.8 Å². The minimum atomic E-state index is -1.65. The van der Waals surface area contributed by atoms with Crippen LogP contribution in [-0.2, 0) is 51.1 Å². The van der Waals surface area contributed by atoms with Crippen molar-refractivity contribution < 1.29 is 47.8 Å². The lowest BCUT2D eigenvalue weighted by molar-refractivity contribution is -0.163. The molecule has 17 heteroatoms. The number of aliphatic hydroxyl groups excluding tert-OH is 1. The third-order valence-electron chi connectivity index (χ3n) is 11.6. The topological polar surface area (TPSA) is 195 Å². The number of nitrogens with zero attached hydrogens (tertiary/aromatic N) is 3. The first-order chi connectivity index (χ1) is 28.0. The fourth-order valence-corrected chi connectivity index (χ4v) is 8.75. The number of fused-ring (bicyclic) bond motifs is 3. The first kappa shape index (κ1) is 43.5. The van der Waals surface area contributed by atoms with Crippen LogP contribution in [0.15, 0.2) is 42.5 Å². The van der Waals surface area contributed by atoms with E-state index in [-0.39, 0.29) is 55.4 Å². The molecule has 2 aromatic rings. The van der Waals surface area contributed by atoms with Crippen LogP contribution >= 0.6 is 11.6 Å². The zero-order chi connectivity index (χ0) is 42.7. The van der Waals surface area contributed by atoms with Crippen molar-refractivity contribution in [2.45, 2.75) is 121 Å². The molecule has 0 bridgehead atoms. The standard InChI is InChI=1S/C42H52ClFN6O9/c1-22-8-7-9-26(14-22)16-31(46-35(52)17-27-11-12-28(43)18-30(27)44)37(53)47-36-25(4)59-42(58)34-15-23(2)20-49(34)39(55)24(3)45-38(54)32-10-5-6-13-48(32)40(56)33-19-29(51)21-50(33)41(36)57/h7-9,11-12,14,18,23-25,29,31-34,36,51H,5-6,10,13,15-17,19-21H2,1-4H3,(H,45,54)(H,46,52)(H,47,53)/t23-,24+,25+,29-,31+,32+,33+,34+,36+/m1/s1. The number of aryl methyl sites for hydroxylation is 1. The molecule has 0 unspecified atom stereocenters. The molecule has 0 radical (unpaired) electrons. The van der Waals surface area contributed by atoms with Gasteiger partial charge in [-0.1, -0.05) is 54.4 Å². The molecule has 15 nitrogen and oxygen atoms in total. The minimum absolute atomic E-state index is 0.0368. The van der Waals surface area contributed by atoms with Gasteiger partial charge in [0.05, 0.1) is 12.5 Å². The molecule has 0 saturated carbocycles. The molecule has 4 aliphatic heterocycles. The predicted molar refractivity (Wildman–Crippen MR) is 212 cm³/mol. The monoisotopic (exact) mass is 838 g/mol. The van der Waals surface area contributed by atoms with E-state index in [0.717, 1.165) is 16.5 Å². The van der Waals surface area contributed by atoms with E-state index in [2.05, 4.69) is 16.0 Å². The number of esters is 1. The summed E-state index contributed by atoms with van der Waals surface area (Å²) in [5.74, 6) is -5.69. The summed E-state index contributed by atoms with van der Waals surface area (Å²) in [7, 11) is 0. The second-order valence-electron chi connectivity index (χ2n) is 16.4. The molecule has 2 aromatic carbocycles. The normalized spacial score (nSPS) is 28.6. The van der Waals surface area contributed by atoms with Crippen molar-refractivity contribution in [1.82, 2.24) is 30.7 Å². The molecule has 4 fully saturated rings. The Morgan fingerprint density at radius 3 is 2.41 bits per heavy atom. The van der Waals surface area contributed by atoms with Crippen molar-refractivity contribution in [1.29, 1.82) is 0 Å². The number of carbonyl (C=O) groups excluding carboxylic acids is 7. The lowest BCUT2D eigenvalue weighted by Crippen LogP contribution is -2.63. The van der Waals surface area contributed by atoms with Crippen LogP contribution in [0.4, 0.5) is 4.39 Å². The highest BCUT2D eigenvalue weighted by Crippen LogP contribution is 2.29. The summed E-state index contributed by atoms with van der Waals surface area (Å²) in [5, 5.41) is 19.1. The van der Waals surface area contributed by atoms with Crippen molar-refractivity contribution in [3.8, 4) is 0 Å². The van der Waals surface area contributed by atoms with Crippen LogP contribution in [-0.4, -0.2) is 129 Å². The predicted octanol–water partition coefficient (Wildman–Crippen LogP) is 1.57. The van der Waals surface area contributed by atoms with Gasteiger partial charge < -0.3 is 40.5 Å². The largest absolute Gasteiger partial charge is 0.458 e. The number of hydrogen-bond donors (Lipinski definition) is 4. The molecular formula is C42H52ClFN6O9. The van der Waals surface area contributed by atoms with Crippen LogP contribution in [0, 0.1) is 18.7 Å². The van der Waals surface area contributed by atoms with Gasteiger partial charge in [0.15, 0.2) is 0 Å². The number of cyclic esters (lactones) is 1. The van der Waals surface area contributed by atoms with Crippen molar-refractivity contribution in [2.24, 2.45) is 5.92 Å². The van der Waals surface area contributed by atoms with Gasteiger partial charge in [-0.2, -0.15) is 0 Å². The van der Waals surface area contributed by atoms with Crippen LogP contribution in [0.25, 0.3) is 0 Å². The fourth-order valence-electron chi connectivity index (χ4n) is 8.59. The average molecular weight is 839 g/mol. The van der Waals surface area contributed by atoms with E-state index in [1.807, 2.05) is 26.0 Å². The molecule has 6 rings (SSSR count). The van der Waals surface area contributed by atoms with Crippen molar-refractivity contribution in [3.05, 3.63) is 70.0 Å². The number of carbonyl (C=O) groups is 7. The Hall–Kier alpha value is -5.09. The van der Waals surface area contributed by atoms with Gasteiger partial charge in [0.1, 0.15) is 48.2 Å². The molecule has 9 atom stereocenters. The van der Waals surface area contributed by atoms with Gasteiger partial charge in [-0.05, 0) is 75.6 Å². The van der Waals surface area contributed by atoms with Crippen LogP contribution in [0.5, 0.6) is 0 Å². The Balaban J connectivity index is 1.35. The lowest BCUT2D eigenvalue weighted by atomic mass is 9.98. The summed E-state index contributed by atoms with van der Waals surface area (Å²) in [6.45, 7) is 6.76. The Morgan fingerprint density at radius 1 is 0.932 bits per heavy atom. The average Bonchev–Trinajstić information content (AvgIpc) is 3.78. The van der Waals surface area contributed by atoms with Crippen LogP contribution in [0.1, 0.15) is 69.6 Å². The molecule has 4 N–H and O–H groups in total. The summed E-state index contributed by atoms with van der Waals surface area (Å²) < 4.78 is 20.6. The molecule has 0 aromatic heterocycles. The summed E-state index contributed by atoms with van der Waals surface area (Å²) >= 11 is 5.90. The number of hydrogen-bond acceptors (Lipinski definition) is 9. The maximum Gasteiger partial charge on any atom is 0.329 e. The van der Waals surface area contributed by atoms with E-state index < -0.39 is 102 Å². The summed E-state index contributed by atoms with van der Waals surface area (Å²) in [6.07, 6.45) is -1.37. The second-order valence-corrected chi connectivity index (χ2v) is 16.8. The quantitative estimate of drug-likeness (QED) is 0.300. The smallest absolute Gasteiger partial charge is 0.329 e. The van der Waals surface area contributed by atoms with E-state index in [9.17, 15) is 43.1 Å². The summed E-state index contributed by atoms with van der Waals surface area (Å²) in [4.78, 5) is 102. The Morgan fingerprint density at radius 2 is 1.68 bits per heavy atom. The maximum absolute atomic E-state index is 14.8. The highest BCUT2D eigenvalue weighted by atomic mass is 35.5. The van der Waals surface area contributed by atoms with E-state index in [4.69, 9.17) is 16.3 Å². The Labute approximate surface area is 347 Å². The summed E-state index contributed by atoms with van der Waals surface area (Å²) in [6, 6.07) is 3.83. The highest BCUT2D eigenvalue weighted by Gasteiger charge is 2.49. The minimum Gasteiger partial charge on any atom is -0.458 e. The molecule has 4 heterocycles. The number of benzene rings is 2. The van der Waals surface area contributed by atoms with Crippen molar-refractivity contribution >= 4 is 53.0 Å². The zero-order valence-corrected chi connectivity index (χ0v) is 34.4. The molecule has 4 saturated heterocycles. The highest BCUT2D eigenvalue weighted by molar-refractivity contribution is 6.30. The molecule has 0 aliphatic carbocycles. The molecule has 4 aliphatic rings. The number of amides is 6. The van der Waals surface area contributed by atoms with E-state index >= 15 is 0 Å². The van der Waals surface area contributed by atoms with Crippen molar-refractivity contribution in [2.75, 3.05) is 19.6 Å². The first-order valence-corrected chi connectivity index (χ1v) is 20.6. The molecule has 0 spiro atoms. The van der Waals surface area contributed by atoms with E-state index in [1.54, 1.807) is 12.1 Å². The van der Waals surface area contributed by atoms with Crippen LogP contribution in [0.2, 0.25) is 5.02 Å². The SMILES string of the molecule is Cc1cccc(C[C@H](NC(=O)Cc2ccc(Cl)cc2F)C(=O)N[C@@H]2C(=O)N3C[C@H](O)C[C@H]3C(=O)N3CCCC[C@H]3C(=O)N[C@@H](C)C(=O)N3C[C@H](C)C[C@H]3C(=O)O[C@H]2C)c1. The lowest BCUT2D eigenvalue weighted by Gasteiger charge is -2.39. The molecule has 318 valence electrons. The summed E-state index contributed by atoms with van der Waals surface area (Å²) in [5.41, 5.74) is 1.58. The second kappa shape index (κ2) is 18.4. The number of nitrogens with one attached hydrogen (secondary N) is 3. The van der Waals surface area contributed by atoms with Crippen LogP contribution < -0.4 is 16.0 Å². The third kappa shape index (κ3) is 10.0. The molecule has 6 amide bonds. The number of piperidine rings is 1. The zero-order valence-electron chi connectivity index (χ0n) is 33.6. The number of rotatable bonds is 7.